The van der Waals surface area contributed by atoms with Crippen molar-refractivity contribution in [2.45, 2.75) is 59.5 Å². The van der Waals surface area contributed by atoms with Crippen LogP contribution in [0.2, 0.25) is 0 Å². The van der Waals surface area contributed by atoms with Crippen molar-refractivity contribution in [3.63, 3.8) is 0 Å². The van der Waals surface area contributed by atoms with Crippen molar-refractivity contribution in [3.8, 4) is 11.4 Å². The molecule has 0 aliphatic heterocycles. The van der Waals surface area contributed by atoms with Gasteiger partial charge >= 0.3 is 5.97 Å². The van der Waals surface area contributed by atoms with E-state index >= 15 is 0 Å². The SMILES string of the molecule is CCCCCC(CC)c1cc(-c2nc(C(Cl)(Cl)Cl)nc(C(Cl)(Cl)Cl)n2)ccc1C(=O)O. The number of benzene rings is 1. The van der Waals surface area contributed by atoms with Gasteiger partial charge in [-0.1, -0.05) is 109 Å². The molecule has 1 aromatic carbocycles. The van der Waals surface area contributed by atoms with Gasteiger partial charge < -0.3 is 5.11 Å². The molecule has 0 saturated carbocycles. The fourth-order valence-electron chi connectivity index (χ4n) is 3.21. The minimum absolute atomic E-state index is 0.0553. The number of hydrogen-bond donors (Lipinski definition) is 1. The fourth-order valence-corrected chi connectivity index (χ4v) is 3.72. The Kier molecular flexibility index (Phi) is 9.51. The number of halogens is 6. The summed E-state index contributed by atoms with van der Waals surface area (Å²) in [5, 5.41) is 9.70. The molecule has 1 unspecified atom stereocenters. The molecule has 0 aliphatic carbocycles. The summed E-state index contributed by atoms with van der Waals surface area (Å²) in [6, 6.07) is 4.83. The molecule has 31 heavy (non-hydrogen) atoms. The van der Waals surface area contributed by atoms with Crippen molar-refractivity contribution in [3.05, 3.63) is 41.0 Å². The Balaban J connectivity index is 2.64. The molecule has 0 radical (unpaired) electrons. The fraction of sp³-hybridized carbons (Fsp3) is 0.500. The number of carbonyl (C=O) groups is 1. The Hall–Kier alpha value is -0.560. The lowest BCUT2D eigenvalue weighted by Crippen LogP contribution is -2.17. The third-order valence-corrected chi connectivity index (χ3v) is 5.79. The predicted molar refractivity (Wildman–Crippen MR) is 128 cm³/mol. The first-order chi connectivity index (χ1) is 14.4. The van der Waals surface area contributed by atoms with E-state index < -0.39 is 13.6 Å². The van der Waals surface area contributed by atoms with E-state index in [1.54, 1.807) is 12.1 Å². The molecule has 0 aliphatic rings. The molecule has 170 valence electrons. The Morgan fingerprint density at radius 3 is 2.00 bits per heavy atom. The summed E-state index contributed by atoms with van der Waals surface area (Å²) in [7, 11) is 0. The van der Waals surface area contributed by atoms with Crippen molar-refractivity contribution in [2.24, 2.45) is 0 Å². The Bertz CT molecular complexity index is 896. The highest BCUT2D eigenvalue weighted by molar-refractivity contribution is 6.67. The third-order valence-electron chi connectivity index (χ3n) is 4.77. The summed E-state index contributed by atoms with van der Waals surface area (Å²) >= 11 is 35.7. The van der Waals surface area contributed by atoms with Gasteiger partial charge in [0.15, 0.2) is 17.5 Å². The number of aromatic carboxylic acids is 1. The Labute approximate surface area is 211 Å². The number of carboxylic acid groups (broad SMARTS) is 1. The minimum atomic E-state index is -1.97. The molecule has 0 fully saturated rings. The van der Waals surface area contributed by atoms with Gasteiger partial charge in [0, 0.05) is 5.56 Å². The highest BCUT2D eigenvalue weighted by Gasteiger charge is 2.34. The lowest BCUT2D eigenvalue weighted by molar-refractivity contribution is 0.0695. The normalized spacial score (nSPS) is 13.3. The van der Waals surface area contributed by atoms with Gasteiger partial charge in [-0.3, -0.25) is 0 Å². The zero-order chi connectivity index (χ0) is 23.4. The molecule has 1 heterocycles. The second-order valence-corrected chi connectivity index (χ2v) is 11.6. The summed E-state index contributed by atoms with van der Waals surface area (Å²) in [6.07, 6.45) is 4.80. The zero-order valence-electron chi connectivity index (χ0n) is 16.8. The van der Waals surface area contributed by atoms with Crippen LogP contribution in [0.5, 0.6) is 0 Å². The first-order valence-electron chi connectivity index (χ1n) is 9.66. The molecule has 0 saturated heterocycles. The highest BCUT2D eigenvalue weighted by atomic mass is 35.6. The maximum absolute atomic E-state index is 11.8. The van der Waals surface area contributed by atoms with Gasteiger partial charge in [0.25, 0.3) is 0 Å². The first kappa shape index (κ1) is 26.7. The second kappa shape index (κ2) is 11.0. The van der Waals surface area contributed by atoms with Crippen LogP contribution in [0.25, 0.3) is 11.4 Å². The van der Waals surface area contributed by atoms with Gasteiger partial charge in [0.05, 0.1) is 5.56 Å². The van der Waals surface area contributed by atoms with Gasteiger partial charge in [0.1, 0.15) is 0 Å². The van der Waals surface area contributed by atoms with Crippen LogP contribution in [0.4, 0.5) is 0 Å². The third kappa shape index (κ3) is 7.21. The first-order valence-corrected chi connectivity index (χ1v) is 11.9. The van der Waals surface area contributed by atoms with Crippen LogP contribution in [0, 0.1) is 0 Å². The van der Waals surface area contributed by atoms with E-state index in [0.717, 1.165) is 32.1 Å². The van der Waals surface area contributed by atoms with Crippen LogP contribution in [-0.4, -0.2) is 26.0 Å². The Morgan fingerprint density at radius 1 is 0.968 bits per heavy atom. The molecule has 0 amide bonds. The van der Waals surface area contributed by atoms with E-state index in [1.807, 2.05) is 6.92 Å². The molecule has 11 heteroatoms. The number of unbranched alkanes of at least 4 members (excludes halogenated alkanes) is 2. The maximum Gasteiger partial charge on any atom is 0.335 e. The van der Waals surface area contributed by atoms with E-state index in [9.17, 15) is 9.90 Å². The lowest BCUT2D eigenvalue weighted by Gasteiger charge is -2.19. The highest BCUT2D eigenvalue weighted by Crippen LogP contribution is 2.41. The van der Waals surface area contributed by atoms with Crippen LogP contribution in [0.3, 0.4) is 0 Å². The minimum Gasteiger partial charge on any atom is -0.478 e. The van der Waals surface area contributed by atoms with Gasteiger partial charge in [-0.15, -0.1) is 0 Å². The molecule has 1 atom stereocenters. The smallest absolute Gasteiger partial charge is 0.335 e. The van der Waals surface area contributed by atoms with Crippen LogP contribution in [-0.2, 0) is 7.59 Å². The monoisotopic (exact) mass is 545 g/mol. The van der Waals surface area contributed by atoms with E-state index in [-0.39, 0.29) is 29.0 Å². The summed E-state index contributed by atoms with van der Waals surface area (Å²) < 4.78 is -3.95. The van der Waals surface area contributed by atoms with Crippen molar-refractivity contribution >= 4 is 75.6 Å². The number of hydrogen-bond acceptors (Lipinski definition) is 4. The van der Waals surface area contributed by atoms with E-state index in [4.69, 9.17) is 69.6 Å². The number of aromatic nitrogens is 3. The van der Waals surface area contributed by atoms with Crippen molar-refractivity contribution in [2.75, 3.05) is 0 Å². The van der Waals surface area contributed by atoms with Gasteiger partial charge in [-0.25, -0.2) is 19.7 Å². The van der Waals surface area contributed by atoms with E-state index in [2.05, 4.69) is 21.9 Å². The van der Waals surface area contributed by atoms with Crippen LogP contribution < -0.4 is 0 Å². The molecule has 0 bridgehead atoms. The predicted octanol–water partition coefficient (Wildman–Crippen LogP) is 7.96. The van der Waals surface area contributed by atoms with Crippen molar-refractivity contribution in [1.29, 1.82) is 0 Å². The molecule has 1 aromatic heterocycles. The molecule has 5 nitrogen and oxygen atoms in total. The standard InChI is InChI=1S/C20H21Cl6N3O2/c1-3-5-6-7-11(4-2)14-10-12(8-9-13(14)16(30)31)15-27-17(19(21,22)23)29-18(28-15)20(24,25)26/h8-11H,3-7H2,1-2H3,(H,30,31). The van der Waals surface area contributed by atoms with Crippen LogP contribution >= 0.6 is 69.6 Å². The summed E-state index contributed by atoms with van der Waals surface area (Å²) in [5.41, 5.74) is 1.42. The van der Waals surface area contributed by atoms with Crippen molar-refractivity contribution in [1.82, 2.24) is 15.0 Å². The second-order valence-electron chi connectivity index (χ2n) is 7.01. The number of alkyl halides is 6. The Morgan fingerprint density at radius 2 is 1.55 bits per heavy atom. The number of rotatable bonds is 8. The van der Waals surface area contributed by atoms with Gasteiger partial charge in [-0.05, 0) is 36.5 Å². The lowest BCUT2D eigenvalue weighted by atomic mass is 9.86. The molecule has 1 N–H and O–H groups in total. The average molecular weight is 548 g/mol. The van der Waals surface area contributed by atoms with Crippen molar-refractivity contribution < 1.29 is 9.90 Å². The summed E-state index contributed by atoms with van der Waals surface area (Å²) in [6.45, 7) is 4.15. The molecular formula is C20H21Cl6N3O2. The van der Waals surface area contributed by atoms with E-state index in [0.29, 0.717) is 11.1 Å². The summed E-state index contributed by atoms with van der Waals surface area (Å²) in [4.78, 5) is 24.3. The van der Waals surface area contributed by atoms with Crippen LogP contribution in [0.1, 0.15) is 79.4 Å². The molecule has 2 rings (SSSR count). The number of nitrogens with zero attached hydrogens (tertiary/aromatic N) is 3. The zero-order valence-corrected chi connectivity index (χ0v) is 21.3. The molecular weight excluding hydrogens is 527 g/mol. The van der Waals surface area contributed by atoms with Crippen LogP contribution in [0.15, 0.2) is 18.2 Å². The topological polar surface area (TPSA) is 76.0 Å². The molecule has 2 aromatic rings. The largest absolute Gasteiger partial charge is 0.478 e. The van der Waals surface area contributed by atoms with Gasteiger partial charge in [0.2, 0.25) is 7.59 Å². The van der Waals surface area contributed by atoms with Gasteiger partial charge in [-0.2, -0.15) is 0 Å². The summed E-state index contributed by atoms with van der Waals surface area (Å²) in [5.74, 6) is -1.25. The maximum atomic E-state index is 11.8. The molecule has 0 spiro atoms. The average Bonchev–Trinajstić information content (AvgIpc) is 2.69. The quantitative estimate of drug-likeness (QED) is 0.268. The van der Waals surface area contributed by atoms with E-state index in [1.165, 1.54) is 6.07 Å². The number of carboxylic acids is 1.